The molecule has 1 saturated heterocycles. The van der Waals surface area contributed by atoms with E-state index in [1.54, 1.807) is 25.1 Å². The minimum atomic E-state index is -1.15. The van der Waals surface area contributed by atoms with Crippen molar-refractivity contribution in [2.45, 2.75) is 65.4 Å². The topological polar surface area (TPSA) is 83.8 Å². The number of rotatable bonds is 7. The van der Waals surface area contributed by atoms with Gasteiger partial charge in [-0.05, 0) is 23.8 Å². The SMILES string of the molecule is CC1/C(=C/c2ccc(O)cc2)C(=O)OC1C(=O)O.CCCCCCCC. The molecule has 1 aliphatic rings. The highest BCUT2D eigenvalue weighted by molar-refractivity contribution is 5.99. The third-order valence-corrected chi connectivity index (χ3v) is 4.33. The van der Waals surface area contributed by atoms with E-state index in [0.717, 1.165) is 0 Å². The van der Waals surface area contributed by atoms with Crippen LogP contribution in [0.1, 0.15) is 64.9 Å². The molecule has 0 amide bonds. The Labute approximate surface area is 155 Å². The Balaban J connectivity index is 0.000000359. The molecular formula is C21H30O5. The molecule has 0 bridgehead atoms. The molecule has 0 aromatic heterocycles. The monoisotopic (exact) mass is 362 g/mol. The first-order valence-electron chi connectivity index (χ1n) is 9.35. The summed E-state index contributed by atoms with van der Waals surface area (Å²) in [4.78, 5) is 22.4. The summed E-state index contributed by atoms with van der Waals surface area (Å²) in [7, 11) is 0. The van der Waals surface area contributed by atoms with E-state index in [4.69, 9.17) is 14.9 Å². The van der Waals surface area contributed by atoms with Crippen molar-refractivity contribution in [3.63, 3.8) is 0 Å². The molecule has 2 atom stereocenters. The van der Waals surface area contributed by atoms with Gasteiger partial charge >= 0.3 is 11.9 Å². The molecule has 26 heavy (non-hydrogen) atoms. The number of hydrogen-bond acceptors (Lipinski definition) is 4. The quantitative estimate of drug-likeness (QED) is 0.414. The van der Waals surface area contributed by atoms with Crippen LogP contribution in [-0.2, 0) is 14.3 Å². The number of carboxylic acid groups (broad SMARTS) is 1. The molecule has 2 unspecified atom stereocenters. The van der Waals surface area contributed by atoms with Crippen molar-refractivity contribution in [1.29, 1.82) is 0 Å². The second-order valence-corrected chi connectivity index (χ2v) is 6.56. The summed E-state index contributed by atoms with van der Waals surface area (Å²) in [5.74, 6) is -2.13. The molecule has 2 rings (SSSR count). The number of esters is 1. The van der Waals surface area contributed by atoms with E-state index in [-0.39, 0.29) is 5.75 Å². The summed E-state index contributed by atoms with van der Waals surface area (Å²) in [6.07, 6.45) is 8.94. The summed E-state index contributed by atoms with van der Waals surface area (Å²) >= 11 is 0. The number of unbranched alkanes of at least 4 members (excludes halogenated alkanes) is 5. The van der Waals surface area contributed by atoms with Crippen molar-refractivity contribution >= 4 is 18.0 Å². The lowest BCUT2D eigenvalue weighted by atomic mass is 9.96. The third-order valence-electron chi connectivity index (χ3n) is 4.33. The van der Waals surface area contributed by atoms with Gasteiger partial charge in [0.15, 0.2) is 0 Å². The molecule has 5 heteroatoms. The lowest BCUT2D eigenvalue weighted by molar-refractivity contribution is -0.157. The number of aromatic hydroxyl groups is 1. The van der Waals surface area contributed by atoms with Crippen molar-refractivity contribution in [1.82, 2.24) is 0 Å². The second kappa shape index (κ2) is 11.3. The molecule has 0 spiro atoms. The Morgan fingerprint density at radius 3 is 2.04 bits per heavy atom. The maximum Gasteiger partial charge on any atom is 0.345 e. The van der Waals surface area contributed by atoms with Crippen molar-refractivity contribution in [2.24, 2.45) is 5.92 Å². The second-order valence-electron chi connectivity index (χ2n) is 6.56. The highest BCUT2D eigenvalue weighted by Gasteiger charge is 2.41. The van der Waals surface area contributed by atoms with Crippen LogP contribution < -0.4 is 0 Å². The van der Waals surface area contributed by atoms with Gasteiger partial charge in [0.05, 0.1) is 0 Å². The van der Waals surface area contributed by atoms with E-state index < -0.39 is 24.0 Å². The molecule has 144 valence electrons. The maximum atomic E-state index is 11.6. The maximum absolute atomic E-state index is 11.6. The highest BCUT2D eigenvalue weighted by Crippen LogP contribution is 2.29. The zero-order valence-electron chi connectivity index (χ0n) is 15.9. The number of aliphatic carboxylic acids is 1. The first-order valence-corrected chi connectivity index (χ1v) is 9.35. The molecule has 5 nitrogen and oxygen atoms in total. The Bertz CT molecular complexity index is 597. The van der Waals surface area contributed by atoms with Crippen LogP contribution in [-0.4, -0.2) is 28.3 Å². The summed E-state index contributed by atoms with van der Waals surface area (Å²) in [6, 6.07) is 6.25. The Morgan fingerprint density at radius 1 is 1.08 bits per heavy atom. The average molecular weight is 362 g/mol. The van der Waals surface area contributed by atoms with Crippen molar-refractivity contribution in [2.75, 3.05) is 0 Å². The Hall–Kier alpha value is -2.30. The summed E-state index contributed by atoms with van der Waals surface area (Å²) < 4.78 is 4.79. The first-order chi connectivity index (χ1) is 12.4. The fourth-order valence-electron chi connectivity index (χ4n) is 2.69. The van der Waals surface area contributed by atoms with E-state index in [0.29, 0.717) is 11.1 Å². The van der Waals surface area contributed by atoms with Crippen molar-refractivity contribution in [3.05, 3.63) is 35.4 Å². The smallest absolute Gasteiger partial charge is 0.345 e. The van der Waals surface area contributed by atoms with Crippen molar-refractivity contribution < 1.29 is 24.5 Å². The van der Waals surface area contributed by atoms with E-state index in [2.05, 4.69) is 13.8 Å². The van der Waals surface area contributed by atoms with Gasteiger partial charge in [-0.25, -0.2) is 9.59 Å². The Kier molecular flexibility index (Phi) is 9.48. The van der Waals surface area contributed by atoms with Crippen LogP contribution in [0, 0.1) is 5.92 Å². The summed E-state index contributed by atoms with van der Waals surface area (Å²) in [5.41, 5.74) is 1.03. The van der Waals surface area contributed by atoms with Crippen LogP contribution in [0.4, 0.5) is 0 Å². The Morgan fingerprint density at radius 2 is 1.62 bits per heavy atom. The van der Waals surface area contributed by atoms with Gasteiger partial charge in [-0.3, -0.25) is 0 Å². The zero-order chi connectivity index (χ0) is 19.5. The fraction of sp³-hybridized carbons (Fsp3) is 0.524. The number of carbonyl (C=O) groups is 2. The summed E-state index contributed by atoms with van der Waals surface area (Å²) in [6.45, 7) is 6.15. The van der Waals surface area contributed by atoms with E-state index in [1.165, 1.54) is 50.7 Å². The fourth-order valence-corrected chi connectivity index (χ4v) is 2.69. The van der Waals surface area contributed by atoms with E-state index in [9.17, 15) is 9.59 Å². The number of benzene rings is 1. The van der Waals surface area contributed by atoms with Crippen LogP contribution >= 0.6 is 0 Å². The van der Waals surface area contributed by atoms with E-state index in [1.807, 2.05) is 0 Å². The third kappa shape index (κ3) is 6.90. The molecule has 1 fully saturated rings. The van der Waals surface area contributed by atoms with Crippen LogP contribution in [0.15, 0.2) is 29.8 Å². The van der Waals surface area contributed by atoms with Gasteiger partial charge in [0.1, 0.15) is 5.75 Å². The molecule has 1 heterocycles. The van der Waals surface area contributed by atoms with Gasteiger partial charge in [0, 0.05) is 11.5 Å². The molecule has 0 radical (unpaired) electrons. The van der Waals surface area contributed by atoms with Gasteiger partial charge in [-0.2, -0.15) is 0 Å². The number of carbonyl (C=O) groups excluding carboxylic acids is 1. The predicted molar refractivity (Wildman–Crippen MR) is 102 cm³/mol. The molecule has 1 aromatic rings. The van der Waals surface area contributed by atoms with Crippen LogP contribution in [0.3, 0.4) is 0 Å². The average Bonchev–Trinajstić information content (AvgIpc) is 2.90. The molecular weight excluding hydrogens is 332 g/mol. The van der Waals surface area contributed by atoms with Gasteiger partial charge in [-0.1, -0.05) is 71.4 Å². The molecule has 1 aromatic carbocycles. The number of hydrogen-bond donors (Lipinski definition) is 2. The normalized spacial score (nSPS) is 20.4. The van der Waals surface area contributed by atoms with E-state index >= 15 is 0 Å². The van der Waals surface area contributed by atoms with Crippen LogP contribution in [0.5, 0.6) is 5.75 Å². The number of carboxylic acids is 1. The molecule has 0 saturated carbocycles. The van der Waals surface area contributed by atoms with Crippen LogP contribution in [0.25, 0.3) is 6.08 Å². The van der Waals surface area contributed by atoms with Crippen LogP contribution in [0.2, 0.25) is 0 Å². The lowest BCUT2D eigenvalue weighted by Crippen LogP contribution is -2.24. The number of ether oxygens (including phenoxy) is 1. The van der Waals surface area contributed by atoms with Gasteiger partial charge in [0.2, 0.25) is 6.10 Å². The summed E-state index contributed by atoms with van der Waals surface area (Å²) in [5, 5.41) is 18.0. The van der Waals surface area contributed by atoms with Gasteiger partial charge in [-0.15, -0.1) is 0 Å². The first kappa shape index (κ1) is 21.7. The largest absolute Gasteiger partial charge is 0.508 e. The van der Waals surface area contributed by atoms with Gasteiger partial charge in [0.25, 0.3) is 0 Å². The zero-order valence-corrected chi connectivity index (χ0v) is 15.9. The molecule has 0 aliphatic carbocycles. The lowest BCUT2D eigenvalue weighted by Gasteiger charge is -2.07. The standard InChI is InChI=1S/C13H12O5.C8H18/c1-7-10(13(17)18-11(7)12(15)16)6-8-2-4-9(14)5-3-8;1-3-5-7-8-6-4-2/h2-7,11,14H,1H3,(H,15,16);3-8H2,1-2H3/b10-6-;. The molecule has 1 aliphatic heterocycles. The number of phenols is 1. The predicted octanol–water partition coefficient (Wildman–Crippen LogP) is 4.79. The molecule has 2 N–H and O–H groups in total. The highest BCUT2D eigenvalue weighted by atomic mass is 16.6. The minimum absolute atomic E-state index is 0.127. The minimum Gasteiger partial charge on any atom is -0.508 e. The number of cyclic esters (lactones) is 1. The van der Waals surface area contributed by atoms with Crippen molar-refractivity contribution in [3.8, 4) is 5.75 Å². The number of phenolic OH excluding ortho intramolecular Hbond substituents is 1. The van der Waals surface area contributed by atoms with Gasteiger partial charge < -0.3 is 14.9 Å².